The van der Waals surface area contributed by atoms with Gasteiger partial charge < -0.3 is 10.2 Å². The van der Waals surface area contributed by atoms with Gasteiger partial charge in [0.15, 0.2) is 0 Å². The smallest absolute Gasteiger partial charge is 0.249 e. The topological polar surface area (TPSA) is 49.4 Å². The summed E-state index contributed by atoms with van der Waals surface area (Å²) >= 11 is 0. The summed E-state index contributed by atoms with van der Waals surface area (Å²) < 4.78 is 0. The van der Waals surface area contributed by atoms with Gasteiger partial charge in [0.05, 0.1) is 0 Å². The van der Waals surface area contributed by atoms with E-state index in [0.717, 1.165) is 25.7 Å². The molecule has 4 nitrogen and oxygen atoms in total. The number of hydrogen-bond donors (Lipinski definition) is 1. The molecule has 4 heteroatoms. The van der Waals surface area contributed by atoms with Crippen molar-refractivity contribution in [3.05, 3.63) is 0 Å². The van der Waals surface area contributed by atoms with Gasteiger partial charge >= 0.3 is 0 Å². The molecular weight excluding hydrogens is 252 g/mol. The average molecular weight is 278 g/mol. The second kappa shape index (κ2) is 4.74. The molecule has 0 bridgehead atoms. The minimum absolute atomic E-state index is 0.0564. The van der Waals surface area contributed by atoms with Crippen molar-refractivity contribution in [2.24, 2.45) is 11.8 Å². The van der Waals surface area contributed by atoms with Crippen molar-refractivity contribution < 1.29 is 9.59 Å². The second-order valence-corrected chi connectivity index (χ2v) is 7.31. The zero-order valence-electron chi connectivity index (χ0n) is 12.8. The first kappa shape index (κ1) is 13.9. The number of nitrogens with zero attached hydrogens (tertiary/aromatic N) is 1. The van der Waals surface area contributed by atoms with Crippen LogP contribution in [0.5, 0.6) is 0 Å². The van der Waals surface area contributed by atoms with Gasteiger partial charge in [0.1, 0.15) is 11.6 Å². The summed E-state index contributed by atoms with van der Waals surface area (Å²) in [6.07, 6.45) is 6.61. The van der Waals surface area contributed by atoms with Crippen LogP contribution in [-0.2, 0) is 9.59 Å². The van der Waals surface area contributed by atoms with Crippen LogP contribution in [0.3, 0.4) is 0 Å². The van der Waals surface area contributed by atoms with Crippen LogP contribution in [0.4, 0.5) is 0 Å². The first-order chi connectivity index (χ1) is 9.45. The van der Waals surface area contributed by atoms with E-state index in [9.17, 15) is 9.59 Å². The van der Waals surface area contributed by atoms with Crippen molar-refractivity contribution in [1.82, 2.24) is 10.2 Å². The quantitative estimate of drug-likeness (QED) is 0.859. The van der Waals surface area contributed by atoms with Gasteiger partial charge in [-0.3, -0.25) is 9.59 Å². The van der Waals surface area contributed by atoms with Crippen molar-refractivity contribution in [3.8, 4) is 0 Å². The summed E-state index contributed by atoms with van der Waals surface area (Å²) in [5.74, 6) is 0.741. The van der Waals surface area contributed by atoms with Gasteiger partial charge in [0.2, 0.25) is 11.8 Å². The van der Waals surface area contributed by atoms with Crippen LogP contribution < -0.4 is 5.32 Å². The van der Waals surface area contributed by atoms with Gasteiger partial charge in [-0.05, 0) is 44.4 Å². The summed E-state index contributed by atoms with van der Waals surface area (Å²) in [6, 6.07) is -0.00329. The Bertz CT molecular complexity index is 424. The largest absolute Gasteiger partial charge is 0.340 e. The fourth-order valence-corrected chi connectivity index (χ4v) is 4.04. The Hall–Kier alpha value is -1.06. The van der Waals surface area contributed by atoms with Crippen LogP contribution in [0, 0.1) is 11.8 Å². The molecule has 3 fully saturated rings. The van der Waals surface area contributed by atoms with Gasteiger partial charge in [-0.1, -0.05) is 26.7 Å². The normalized spacial score (nSPS) is 35.8. The standard InChI is InChI=1S/C16H26N2O2/c1-10(2)13-14(19)17-16(3,11-8-9-11)15(20)18(13)12-6-4-5-7-12/h10-13H,4-9H2,1-3H3,(H,17,19). The van der Waals surface area contributed by atoms with E-state index in [0.29, 0.717) is 5.92 Å². The molecule has 0 aromatic heterocycles. The second-order valence-electron chi connectivity index (χ2n) is 7.31. The van der Waals surface area contributed by atoms with Crippen molar-refractivity contribution in [1.29, 1.82) is 0 Å². The minimum atomic E-state index is -0.648. The molecule has 0 spiro atoms. The van der Waals surface area contributed by atoms with E-state index in [2.05, 4.69) is 5.32 Å². The maximum Gasteiger partial charge on any atom is 0.249 e. The van der Waals surface area contributed by atoms with Gasteiger partial charge in [-0.25, -0.2) is 0 Å². The fourth-order valence-electron chi connectivity index (χ4n) is 4.04. The number of hydrogen-bond acceptors (Lipinski definition) is 2. The molecule has 2 aliphatic carbocycles. The third kappa shape index (κ3) is 2.04. The van der Waals surface area contributed by atoms with Crippen molar-refractivity contribution in [3.63, 3.8) is 0 Å². The van der Waals surface area contributed by atoms with E-state index in [1.165, 1.54) is 12.8 Å². The molecule has 3 rings (SSSR count). The maximum absolute atomic E-state index is 13.1. The van der Waals surface area contributed by atoms with Crippen LogP contribution >= 0.6 is 0 Å². The summed E-state index contributed by atoms with van der Waals surface area (Å²) in [5.41, 5.74) is -0.648. The number of piperazine rings is 1. The molecule has 0 aromatic rings. The lowest BCUT2D eigenvalue weighted by Crippen LogP contribution is -2.72. The molecule has 0 radical (unpaired) electrons. The van der Waals surface area contributed by atoms with Crippen molar-refractivity contribution in [2.45, 2.75) is 76.9 Å². The highest BCUT2D eigenvalue weighted by atomic mass is 16.2. The maximum atomic E-state index is 13.1. The number of carbonyl (C=O) groups is 2. The van der Waals surface area contributed by atoms with Gasteiger partial charge in [-0.2, -0.15) is 0 Å². The van der Waals surface area contributed by atoms with Gasteiger partial charge in [0, 0.05) is 6.04 Å². The monoisotopic (exact) mass is 278 g/mol. The molecule has 112 valence electrons. The molecule has 1 saturated heterocycles. The third-order valence-electron chi connectivity index (χ3n) is 5.37. The zero-order chi connectivity index (χ0) is 14.5. The predicted molar refractivity (Wildman–Crippen MR) is 77.0 cm³/mol. The van der Waals surface area contributed by atoms with Crippen molar-refractivity contribution >= 4 is 11.8 Å². The van der Waals surface area contributed by atoms with Crippen molar-refractivity contribution in [2.75, 3.05) is 0 Å². The molecule has 3 aliphatic rings. The Morgan fingerprint density at radius 1 is 1.15 bits per heavy atom. The van der Waals surface area contributed by atoms with E-state index in [-0.39, 0.29) is 29.8 Å². The molecule has 1 heterocycles. The Balaban J connectivity index is 1.94. The third-order valence-corrected chi connectivity index (χ3v) is 5.37. The minimum Gasteiger partial charge on any atom is -0.340 e. The van der Waals surface area contributed by atoms with Crippen LogP contribution in [0.2, 0.25) is 0 Å². The van der Waals surface area contributed by atoms with Crippen LogP contribution in [0.1, 0.15) is 59.3 Å². The van der Waals surface area contributed by atoms with Gasteiger partial charge in [0.25, 0.3) is 0 Å². The molecule has 2 unspecified atom stereocenters. The number of amides is 2. The number of rotatable bonds is 3. The lowest BCUT2D eigenvalue weighted by molar-refractivity contribution is -0.160. The van der Waals surface area contributed by atoms with Crippen LogP contribution in [-0.4, -0.2) is 34.3 Å². The van der Waals surface area contributed by atoms with E-state index in [4.69, 9.17) is 0 Å². The molecule has 0 aromatic carbocycles. The molecule has 2 amide bonds. The number of carbonyl (C=O) groups excluding carboxylic acids is 2. The first-order valence-corrected chi connectivity index (χ1v) is 8.10. The van der Waals surface area contributed by atoms with Crippen LogP contribution in [0.25, 0.3) is 0 Å². The Labute approximate surface area is 121 Å². The summed E-state index contributed by atoms with van der Waals surface area (Å²) in [7, 11) is 0. The Morgan fingerprint density at radius 2 is 1.75 bits per heavy atom. The zero-order valence-corrected chi connectivity index (χ0v) is 12.8. The Kier molecular flexibility index (Phi) is 3.30. The summed E-state index contributed by atoms with van der Waals surface area (Å²) in [6.45, 7) is 6.02. The summed E-state index contributed by atoms with van der Waals surface area (Å²) in [4.78, 5) is 27.6. The molecule has 1 aliphatic heterocycles. The van der Waals surface area contributed by atoms with E-state index in [1.807, 2.05) is 25.7 Å². The molecule has 1 N–H and O–H groups in total. The molecule has 2 saturated carbocycles. The lowest BCUT2D eigenvalue weighted by Gasteiger charge is -2.48. The van der Waals surface area contributed by atoms with E-state index < -0.39 is 5.54 Å². The fraction of sp³-hybridized carbons (Fsp3) is 0.875. The highest BCUT2D eigenvalue weighted by Crippen LogP contribution is 2.44. The summed E-state index contributed by atoms with van der Waals surface area (Å²) in [5, 5.41) is 3.06. The SMILES string of the molecule is CC(C)C1C(=O)NC(C)(C2CC2)C(=O)N1C1CCCC1. The average Bonchev–Trinajstić information content (AvgIpc) is 3.10. The Morgan fingerprint density at radius 3 is 2.25 bits per heavy atom. The highest BCUT2D eigenvalue weighted by molar-refractivity contribution is 6.00. The van der Waals surface area contributed by atoms with Gasteiger partial charge in [-0.15, -0.1) is 0 Å². The van der Waals surface area contributed by atoms with E-state index >= 15 is 0 Å². The molecular formula is C16H26N2O2. The van der Waals surface area contributed by atoms with E-state index in [1.54, 1.807) is 0 Å². The highest BCUT2D eigenvalue weighted by Gasteiger charge is 2.57. The lowest BCUT2D eigenvalue weighted by atomic mass is 9.85. The first-order valence-electron chi connectivity index (χ1n) is 8.10. The molecule has 20 heavy (non-hydrogen) atoms. The number of nitrogens with one attached hydrogen (secondary N) is 1. The predicted octanol–water partition coefficient (Wildman–Crippen LogP) is 2.08. The molecule has 2 atom stereocenters. The van der Waals surface area contributed by atoms with Crippen LogP contribution in [0.15, 0.2) is 0 Å².